The van der Waals surface area contributed by atoms with E-state index in [4.69, 9.17) is 11.6 Å². The maximum atomic E-state index is 13.2. The van der Waals surface area contributed by atoms with E-state index in [0.717, 1.165) is 5.56 Å². The summed E-state index contributed by atoms with van der Waals surface area (Å²) in [6.07, 6.45) is 1.61. The molecule has 1 N–H and O–H groups in total. The molecule has 0 saturated heterocycles. The molecule has 0 spiro atoms. The standard InChI is InChI=1S/C19H14ClFN2O2/c20-14-8-6-13(7-9-14)12-23-10-2-5-17(19(23)25)18(24)22-16-4-1-3-15(21)11-16/h1-11H,12H2,(H,22,24). The molecular weight excluding hydrogens is 343 g/mol. The molecule has 126 valence electrons. The number of hydrogen-bond acceptors (Lipinski definition) is 2. The highest BCUT2D eigenvalue weighted by molar-refractivity contribution is 6.30. The number of pyridine rings is 1. The number of benzene rings is 2. The third-order valence-electron chi connectivity index (χ3n) is 3.61. The molecule has 0 unspecified atom stereocenters. The van der Waals surface area contributed by atoms with E-state index in [2.05, 4.69) is 5.32 Å². The smallest absolute Gasteiger partial charge is 0.263 e. The fourth-order valence-corrected chi connectivity index (χ4v) is 2.51. The first-order valence-corrected chi connectivity index (χ1v) is 7.91. The van der Waals surface area contributed by atoms with Gasteiger partial charge in [0.1, 0.15) is 11.4 Å². The van der Waals surface area contributed by atoms with Crippen LogP contribution in [0.25, 0.3) is 0 Å². The molecule has 3 rings (SSSR count). The molecule has 1 aromatic heterocycles. The number of nitrogens with one attached hydrogen (secondary N) is 1. The first kappa shape index (κ1) is 16.9. The van der Waals surface area contributed by atoms with Crippen molar-refractivity contribution in [3.63, 3.8) is 0 Å². The number of halogens is 2. The van der Waals surface area contributed by atoms with Crippen LogP contribution >= 0.6 is 11.6 Å². The Balaban J connectivity index is 1.84. The largest absolute Gasteiger partial charge is 0.322 e. The molecule has 3 aromatic rings. The maximum Gasteiger partial charge on any atom is 0.263 e. The maximum absolute atomic E-state index is 13.2. The summed E-state index contributed by atoms with van der Waals surface area (Å²) >= 11 is 5.85. The van der Waals surface area contributed by atoms with Gasteiger partial charge in [-0.15, -0.1) is 0 Å². The summed E-state index contributed by atoms with van der Waals surface area (Å²) in [5, 5.41) is 3.14. The van der Waals surface area contributed by atoms with E-state index >= 15 is 0 Å². The number of anilines is 1. The van der Waals surface area contributed by atoms with Gasteiger partial charge >= 0.3 is 0 Å². The summed E-state index contributed by atoms with van der Waals surface area (Å²) in [6.45, 7) is 0.317. The van der Waals surface area contributed by atoms with Crippen molar-refractivity contribution in [2.24, 2.45) is 0 Å². The van der Waals surface area contributed by atoms with Crippen LogP contribution in [0, 0.1) is 5.82 Å². The SMILES string of the molecule is O=C(Nc1cccc(F)c1)c1cccn(Cc2ccc(Cl)cc2)c1=O. The third kappa shape index (κ3) is 4.14. The molecule has 0 fully saturated rings. The minimum absolute atomic E-state index is 0.0132. The van der Waals surface area contributed by atoms with Gasteiger partial charge in [-0.25, -0.2) is 4.39 Å². The van der Waals surface area contributed by atoms with Gasteiger partial charge < -0.3 is 9.88 Å². The van der Waals surface area contributed by atoms with E-state index in [1.54, 1.807) is 30.5 Å². The second-order valence-electron chi connectivity index (χ2n) is 5.45. The zero-order valence-electron chi connectivity index (χ0n) is 13.1. The van der Waals surface area contributed by atoms with Crippen LogP contribution in [0.1, 0.15) is 15.9 Å². The van der Waals surface area contributed by atoms with Gasteiger partial charge in [0.15, 0.2) is 0 Å². The van der Waals surface area contributed by atoms with E-state index in [0.29, 0.717) is 11.6 Å². The van der Waals surface area contributed by atoms with Gasteiger partial charge in [-0.2, -0.15) is 0 Å². The van der Waals surface area contributed by atoms with Crippen LogP contribution < -0.4 is 10.9 Å². The number of carbonyl (C=O) groups excluding carboxylic acids is 1. The predicted octanol–water partition coefficient (Wildman–Crippen LogP) is 3.94. The van der Waals surface area contributed by atoms with E-state index < -0.39 is 17.3 Å². The molecule has 0 aliphatic heterocycles. The van der Waals surface area contributed by atoms with Gasteiger partial charge in [-0.3, -0.25) is 9.59 Å². The van der Waals surface area contributed by atoms with Crippen LogP contribution in [0.3, 0.4) is 0 Å². The van der Waals surface area contributed by atoms with Crippen molar-refractivity contribution in [2.45, 2.75) is 6.54 Å². The molecule has 0 bridgehead atoms. The van der Waals surface area contributed by atoms with Gasteiger partial charge in [0.2, 0.25) is 0 Å². The molecule has 1 heterocycles. The van der Waals surface area contributed by atoms with Gasteiger partial charge in [-0.05, 0) is 48.0 Å². The van der Waals surface area contributed by atoms with Crippen molar-refractivity contribution >= 4 is 23.2 Å². The lowest BCUT2D eigenvalue weighted by Crippen LogP contribution is -2.29. The van der Waals surface area contributed by atoms with Crippen molar-refractivity contribution in [2.75, 3.05) is 5.32 Å². The number of hydrogen-bond donors (Lipinski definition) is 1. The second kappa shape index (κ2) is 7.32. The summed E-state index contributed by atoms with van der Waals surface area (Å²) in [6, 6.07) is 15.7. The zero-order chi connectivity index (χ0) is 17.8. The van der Waals surface area contributed by atoms with E-state index in [9.17, 15) is 14.0 Å². The molecular formula is C19H14ClFN2O2. The summed E-state index contributed by atoms with van der Waals surface area (Å²) in [7, 11) is 0. The lowest BCUT2D eigenvalue weighted by molar-refractivity contribution is 0.102. The van der Waals surface area contributed by atoms with Crippen molar-refractivity contribution < 1.29 is 9.18 Å². The van der Waals surface area contributed by atoms with Crippen molar-refractivity contribution in [3.8, 4) is 0 Å². The fraction of sp³-hybridized carbons (Fsp3) is 0.0526. The van der Waals surface area contributed by atoms with Crippen LogP contribution in [0.15, 0.2) is 71.7 Å². The number of amides is 1. The van der Waals surface area contributed by atoms with Crippen LogP contribution in [0.2, 0.25) is 5.02 Å². The molecule has 25 heavy (non-hydrogen) atoms. The monoisotopic (exact) mass is 356 g/mol. The van der Waals surface area contributed by atoms with Gasteiger partial charge in [0, 0.05) is 16.9 Å². The van der Waals surface area contributed by atoms with E-state index in [1.807, 2.05) is 12.1 Å². The Labute approximate surface area is 148 Å². The molecule has 1 amide bonds. The normalized spacial score (nSPS) is 10.5. The van der Waals surface area contributed by atoms with E-state index in [1.165, 1.54) is 28.8 Å². The Morgan fingerprint density at radius 1 is 1.08 bits per heavy atom. The number of nitrogens with zero attached hydrogens (tertiary/aromatic N) is 1. The number of aromatic nitrogens is 1. The molecule has 4 nitrogen and oxygen atoms in total. The van der Waals surface area contributed by atoms with Crippen LogP contribution in [-0.2, 0) is 6.54 Å². The zero-order valence-corrected chi connectivity index (χ0v) is 13.8. The topological polar surface area (TPSA) is 51.1 Å². The van der Waals surface area contributed by atoms with Gasteiger partial charge in [0.05, 0.1) is 6.54 Å². The quantitative estimate of drug-likeness (QED) is 0.769. The Morgan fingerprint density at radius 2 is 1.84 bits per heavy atom. The summed E-state index contributed by atoms with van der Waals surface area (Å²) in [4.78, 5) is 24.9. The Bertz CT molecular complexity index is 968. The van der Waals surface area contributed by atoms with Crippen molar-refractivity contribution in [1.29, 1.82) is 0 Å². The molecule has 0 radical (unpaired) electrons. The molecule has 0 atom stereocenters. The third-order valence-corrected chi connectivity index (χ3v) is 3.87. The molecule has 0 aliphatic rings. The van der Waals surface area contributed by atoms with Crippen molar-refractivity contribution in [3.05, 3.63) is 99.2 Å². The highest BCUT2D eigenvalue weighted by Crippen LogP contribution is 2.12. The average Bonchev–Trinajstić information content (AvgIpc) is 2.58. The summed E-state index contributed by atoms with van der Waals surface area (Å²) < 4.78 is 14.6. The Kier molecular flexibility index (Phi) is 4.95. The second-order valence-corrected chi connectivity index (χ2v) is 5.88. The average molecular weight is 357 g/mol. The lowest BCUT2D eigenvalue weighted by Gasteiger charge is -2.09. The molecule has 0 aliphatic carbocycles. The predicted molar refractivity (Wildman–Crippen MR) is 95.6 cm³/mol. The van der Waals surface area contributed by atoms with Crippen LogP contribution in [-0.4, -0.2) is 10.5 Å². The minimum Gasteiger partial charge on any atom is -0.322 e. The lowest BCUT2D eigenvalue weighted by atomic mass is 10.2. The Hall–Kier alpha value is -2.92. The minimum atomic E-state index is -0.582. The van der Waals surface area contributed by atoms with Gasteiger partial charge in [0.25, 0.3) is 11.5 Å². The number of rotatable bonds is 4. The first-order chi connectivity index (χ1) is 12.0. The molecule has 0 saturated carbocycles. The van der Waals surface area contributed by atoms with Crippen LogP contribution in [0.4, 0.5) is 10.1 Å². The first-order valence-electron chi connectivity index (χ1n) is 7.54. The fourth-order valence-electron chi connectivity index (χ4n) is 2.39. The van der Waals surface area contributed by atoms with E-state index in [-0.39, 0.29) is 11.3 Å². The van der Waals surface area contributed by atoms with Crippen molar-refractivity contribution in [1.82, 2.24) is 4.57 Å². The number of carbonyl (C=O) groups is 1. The molecule has 6 heteroatoms. The summed E-state index contributed by atoms with van der Waals surface area (Å²) in [5.41, 5.74) is 0.735. The highest BCUT2D eigenvalue weighted by atomic mass is 35.5. The molecule has 2 aromatic carbocycles. The Morgan fingerprint density at radius 3 is 2.56 bits per heavy atom. The van der Waals surface area contributed by atoms with Crippen LogP contribution in [0.5, 0.6) is 0 Å². The van der Waals surface area contributed by atoms with Gasteiger partial charge in [-0.1, -0.05) is 29.8 Å². The highest BCUT2D eigenvalue weighted by Gasteiger charge is 2.13. The summed E-state index contributed by atoms with van der Waals surface area (Å²) in [5.74, 6) is -1.05.